The zero-order chi connectivity index (χ0) is 15.5. The van der Waals surface area contributed by atoms with Gasteiger partial charge in [0.1, 0.15) is 0 Å². The number of fused-ring (bicyclic) bond motifs is 1. The second-order valence-corrected chi connectivity index (χ2v) is 7.25. The molecule has 1 aliphatic heterocycles. The van der Waals surface area contributed by atoms with Gasteiger partial charge in [0, 0.05) is 30.1 Å². The highest BCUT2D eigenvalue weighted by atomic mass is 32.1. The highest BCUT2D eigenvalue weighted by Crippen LogP contribution is 2.35. The molecule has 5 nitrogen and oxygen atoms in total. The molecule has 0 radical (unpaired) electrons. The SMILES string of the molecule is CCc1nc2c(s1)C(NC1CCCN(C(=O)OC)C1)CCC2. The van der Waals surface area contributed by atoms with Crippen LogP contribution in [0, 0.1) is 0 Å². The van der Waals surface area contributed by atoms with Gasteiger partial charge in [0.15, 0.2) is 0 Å². The summed E-state index contributed by atoms with van der Waals surface area (Å²) in [6.45, 7) is 3.72. The fraction of sp³-hybridized carbons (Fsp3) is 0.750. The summed E-state index contributed by atoms with van der Waals surface area (Å²) in [5.41, 5.74) is 1.30. The first-order valence-electron chi connectivity index (χ1n) is 8.28. The van der Waals surface area contributed by atoms with E-state index < -0.39 is 0 Å². The molecule has 2 atom stereocenters. The highest BCUT2D eigenvalue weighted by Gasteiger charge is 2.29. The van der Waals surface area contributed by atoms with Crippen molar-refractivity contribution in [2.75, 3.05) is 20.2 Å². The smallest absolute Gasteiger partial charge is 0.409 e. The molecule has 1 aliphatic carbocycles. The predicted molar refractivity (Wildman–Crippen MR) is 87.3 cm³/mol. The number of methoxy groups -OCH3 is 1. The molecule has 122 valence electrons. The van der Waals surface area contributed by atoms with Gasteiger partial charge in [-0.1, -0.05) is 6.92 Å². The molecule has 1 N–H and O–H groups in total. The van der Waals surface area contributed by atoms with E-state index in [4.69, 9.17) is 9.72 Å². The minimum Gasteiger partial charge on any atom is -0.453 e. The minimum atomic E-state index is -0.207. The molecule has 1 aromatic rings. The van der Waals surface area contributed by atoms with Crippen molar-refractivity contribution in [2.24, 2.45) is 0 Å². The number of likely N-dealkylation sites (tertiary alicyclic amines) is 1. The standard InChI is InChI=1S/C16H25N3O2S/c1-3-14-18-13-8-4-7-12(15(13)22-14)17-11-6-5-9-19(10-11)16(20)21-2/h11-12,17H,3-10H2,1-2H3. The lowest BCUT2D eigenvalue weighted by Crippen LogP contribution is -2.49. The number of rotatable bonds is 3. The second kappa shape index (κ2) is 6.96. The Morgan fingerprint density at radius 1 is 1.45 bits per heavy atom. The predicted octanol–water partition coefficient (Wildman–Crippen LogP) is 2.90. The lowest BCUT2D eigenvalue weighted by atomic mass is 9.96. The van der Waals surface area contributed by atoms with E-state index >= 15 is 0 Å². The molecule has 2 aliphatic rings. The summed E-state index contributed by atoms with van der Waals surface area (Å²) < 4.78 is 4.85. The molecule has 0 aromatic carbocycles. The summed E-state index contributed by atoms with van der Waals surface area (Å²) in [6.07, 6.45) is 6.46. The Labute approximate surface area is 136 Å². The van der Waals surface area contributed by atoms with Gasteiger partial charge in [-0.05, 0) is 38.5 Å². The third-order valence-electron chi connectivity index (χ3n) is 4.59. The van der Waals surface area contributed by atoms with Crippen LogP contribution in [0.2, 0.25) is 0 Å². The van der Waals surface area contributed by atoms with Gasteiger partial charge in [0.05, 0.1) is 17.8 Å². The van der Waals surface area contributed by atoms with Gasteiger partial charge in [-0.25, -0.2) is 9.78 Å². The third-order valence-corrected chi connectivity index (χ3v) is 5.94. The van der Waals surface area contributed by atoms with Crippen molar-refractivity contribution < 1.29 is 9.53 Å². The Hall–Kier alpha value is -1.14. The van der Waals surface area contributed by atoms with Gasteiger partial charge in [-0.3, -0.25) is 0 Å². The van der Waals surface area contributed by atoms with Crippen LogP contribution in [-0.2, 0) is 17.6 Å². The van der Waals surface area contributed by atoms with Gasteiger partial charge in [-0.2, -0.15) is 0 Å². The summed E-state index contributed by atoms with van der Waals surface area (Å²) in [4.78, 5) is 19.7. The van der Waals surface area contributed by atoms with E-state index in [-0.39, 0.29) is 6.09 Å². The fourth-order valence-corrected chi connectivity index (χ4v) is 4.62. The van der Waals surface area contributed by atoms with Gasteiger partial charge >= 0.3 is 6.09 Å². The first-order valence-corrected chi connectivity index (χ1v) is 9.10. The number of nitrogens with one attached hydrogen (secondary N) is 1. The third kappa shape index (κ3) is 3.27. The highest BCUT2D eigenvalue weighted by molar-refractivity contribution is 7.11. The number of nitrogens with zero attached hydrogens (tertiary/aromatic N) is 2. The van der Waals surface area contributed by atoms with Crippen LogP contribution in [0.1, 0.15) is 54.2 Å². The number of amides is 1. The van der Waals surface area contributed by atoms with Crippen LogP contribution in [0.3, 0.4) is 0 Å². The van der Waals surface area contributed by atoms with E-state index in [9.17, 15) is 4.79 Å². The van der Waals surface area contributed by atoms with Crippen molar-refractivity contribution >= 4 is 17.4 Å². The number of hydrogen-bond donors (Lipinski definition) is 1. The average molecular weight is 323 g/mol. The molecule has 22 heavy (non-hydrogen) atoms. The van der Waals surface area contributed by atoms with E-state index in [1.54, 1.807) is 0 Å². The molecular formula is C16H25N3O2S. The number of aromatic nitrogens is 1. The summed E-state index contributed by atoms with van der Waals surface area (Å²) in [5.74, 6) is 0. The maximum Gasteiger partial charge on any atom is 0.409 e. The molecule has 0 saturated carbocycles. The van der Waals surface area contributed by atoms with Crippen molar-refractivity contribution in [1.29, 1.82) is 0 Å². The molecule has 6 heteroatoms. The van der Waals surface area contributed by atoms with Crippen molar-refractivity contribution in [3.63, 3.8) is 0 Å². The second-order valence-electron chi connectivity index (χ2n) is 6.14. The Morgan fingerprint density at radius 3 is 3.09 bits per heavy atom. The molecule has 0 spiro atoms. The summed E-state index contributed by atoms with van der Waals surface area (Å²) in [5, 5.41) is 5.03. The maximum atomic E-state index is 11.7. The first-order chi connectivity index (χ1) is 10.7. The van der Waals surface area contributed by atoms with Gasteiger partial charge < -0.3 is 15.0 Å². The molecule has 1 fully saturated rings. The Kier molecular flexibility index (Phi) is 4.98. The Balaban J connectivity index is 1.66. The number of piperidine rings is 1. The van der Waals surface area contributed by atoms with Gasteiger partial charge in [0.2, 0.25) is 0 Å². The van der Waals surface area contributed by atoms with Gasteiger partial charge in [0.25, 0.3) is 0 Å². The maximum absolute atomic E-state index is 11.7. The lowest BCUT2D eigenvalue weighted by Gasteiger charge is -2.35. The van der Waals surface area contributed by atoms with Crippen molar-refractivity contribution in [2.45, 2.75) is 57.5 Å². The van der Waals surface area contributed by atoms with Crippen LogP contribution in [0.4, 0.5) is 4.79 Å². The first kappa shape index (κ1) is 15.7. The number of ether oxygens (including phenoxy) is 1. The van der Waals surface area contributed by atoms with Crippen LogP contribution in [0.5, 0.6) is 0 Å². The minimum absolute atomic E-state index is 0.207. The van der Waals surface area contributed by atoms with E-state index in [2.05, 4.69) is 12.2 Å². The van der Waals surface area contributed by atoms with Crippen molar-refractivity contribution in [1.82, 2.24) is 15.2 Å². The monoisotopic (exact) mass is 323 g/mol. The van der Waals surface area contributed by atoms with Crippen LogP contribution in [0.15, 0.2) is 0 Å². The summed E-state index contributed by atoms with van der Waals surface area (Å²) in [6, 6.07) is 0.764. The van der Waals surface area contributed by atoms with E-state index in [1.807, 2.05) is 16.2 Å². The quantitative estimate of drug-likeness (QED) is 0.929. The van der Waals surface area contributed by atoms with E-state index in [1.165, 1.54) is 35.5 Å². The van der Waals surface area contributed by atoms with Crippen LogP contribution in [0.25, 0.3) is 0 Å². The molecule has 3 rings (SSSR count). The zero-order valence-electron chi connectivity index (χ0n) is 13.4. The Morgan fingerprint density at radius 2 is 2.32 bits per heavy atom. The lowest BCUT2D eigenvalue weighted by molar-refractivity contribution is 0.105. The fourth-order valence-electron chi connectivity index (χ4n) is 3.47. The van der Waals surface area contributed by atoms with Crippen LogP contribution < -0.4 is 5.32 Å². The number of aryl methyl sites for hydroxylation is 2. The summed E-state index contributed by atoms with van der Waals surface area (Å²) >= 11 is 1.86. The topological polar surface area (TPSA) is 54.5 Å². The molecule has 2 heterocycles. The molecule has 2 unspecified atom stereocenters. The molecule has 0 bridgehead atoms. The van der Waals surface area contributed by atoms with Crippen LogP contribution >= 0.6 is 11.3 Å². The van der Waals surface area contributed by atoms with E-state index in [0.29, 0.717) is 12.1 Å². The molecule has 1 amide bonds. The number of carbonyl (C=O) groups excluding carboxylic acids is 1. The van der Waals surface area contributed by atoms with Gasteiger partial charge in [-0.15, -0.1) is 11.3 Å². The van der Waals surface area contributed by atoms with Crippen molar-refractivity contribution in [3.05, 3.63) is 15.6 Å². The van der Waals surface area contributed by atoms with E-state index in [0.717, 1.165) is 38.8 Å². The molecule has 1 aromatic heterocycles. The average Bonchev–Trinajstić information content (AvgIpc) is 2.99. The number of carbonyl (C=O) groups is 1. The largest absolute Gasteiger partial charge is 0.453 e. The zero-order valence-corrected chi connectivity index (χ0v) is 14.2. The van der Waals surface area contributed by atoms with Crippen molar-refractivity contribution in [3.8, 4) is 0 Å². The van der Waals surface area contributed by atoms with Crippen LogP contribution in [-0.4, -0.2) is 42.2 Å². The molecule has 1 saturated heterocycles. The number of thiazole rings is 1. The number of hydrogen-bond acceptors (Lipinski definition) is 5. The normalized spacial score (nSPS) is 24.9. The molecular weight excluding hydrogens is 298 g/mol. The summed E-state index contributed by atoms with van der Waals surface area (Å²) in [7, 11) is 1.45. The Bertz CT molecular complexity index is 531.